The van der Waals surface area contributed by atoms with Crippen molar-refractivity contribution in [2.75, 3.05) is 19.8 Å². The van der Waals surface area contributed by atoms with Crippen molar-refractivity contribution in [2.24, 2.45) is 5.92 Å². The molecule has 0 saturated heterocycles. The molecule has 2 nitrogen and oxygen atoms in total. The number of hydrogen-bond acceptors (Lipinski definition) is 2. The van der Waals surface area contributed by atoms with Crippen LogP contribution in [0.1, 0.15) is 24.8 Å². The van der Waals surface area contributed by atoms with Gasteiger partial charge in [-0.05, 0) is 37.3 Å². The minimum atomic E-state index is 0.886. The van der Waals surface area contributed by atoms with Gasteiger partial charge in [-0.2, -0.15) is 0 Å². The lowest BCUT2D eigenvalue weighted by Gasteiger charge is -2.05. The average molecular weight is 219 g/mol. The molecular weight excluding hydrogens is 198 g/mol. The molecule has 1 aromatic rings. The SMILES string of the molecule is c1ccc(CNCCCOCC2CC2)cc1. The summed E-state index contributed by atoms with van der Waals surface area (Å²) in [7, 11) is 0. The third kappa shape index (κ3) is 4.77. The Hall–Kier alpha value is -0.860. The summed E-state index contributed by atoms with van der Waals surface area (Å²) in [5.41, 5.74) is 1.35. The maximum atomic E-state index is 5.57. The second kappa shape index (κ2) is 6.66. The minimum Gasteiger partial charge on any atom is -0.381 e. The zero-order chi connectivity index (χ0) is 11.1. The van der Waals surface area contributed by atoms with Crippen LogP contribution in [0.5, 0.6) is 0 Å². The Morgan fingerprint density at radius 2 is 2.00 bits per heavy atom. The molecule has 1 fully saturated rings. The summed E-state index contributed by atoms with van der Waals surface area (Å²) in [4.78, 5) is 0. The molecule has 1 aliphatic carbocycles. The van der Waals surface area contributed by atoms with Crippen molar-refractivity contribution in [3.8, 4) is 0 Å². The van der Waals surface area contributed by atoms with E-state index in [-0.39, 0.29) is 0 Å². The largest absolute Gasteiger partial charge is 0.381 e. The molecule has 1 saturated carbocycles. The first-order chi connectivity index (χ1) is 7.95. The van der Waals surface area contributed by atoms with E-state index in [0.717, 1.165) is 38.6 Å². The van der Waals surface area contributed by atoms with E-state index in [1.807, 2.05) is 0 Å². The molecule has 0 amide bonds. The molecule has 0 atom stereocenters. The molecule has 0 bridgehead atoms. The Morgan fingerprint density at radius 3 is 2.75 bits per heavy atom. The summed E-state index contributed by atoms with van der Waals surface area (Å²) >= 11 is 0. The van der Waals surface area contributed by atoms with Crippen molar-refractivity contribution in [3.63, 3.8) is 0 Å². The quantitative estimate of drug-likeness (QED) is 0.679. The van der Waals surface area contributed by atoms with E-state index >= 15 is 0 Å². The van der Waals surface area contributed by atoms with E-state index in [2.05, 4.69) is 35.6 Å². The van der Waals surface area contributed by atoms with Crippen LogP contribution in [0, 0.1) is 5.92 Å². The number of benzene rings is 1. The van der Waals surface area contributed by atoms with Gasteiger partial charge in [-0.15, -0.1) is 0 Å². The van der Waals surface area contributed by atoms with Gasteiger partial charge in [-0.1, -0.05) is 30.3 Å². The highest BCUT2D eigenvalue weighted by Crippen LogP contribution is 2.28. The molecule has 0 heterocycles. The predicted molar refractivity (Wildman–Crippen MR) is 66.3 cm³/mol. The average Bonchev–Trinajstić information content (AvgIpc) is 3.13. The molecule has 0 aliphatic heterocycles. The normalized spacial score (nSPS) is 15.2. The molecule has 1 aliphatic rings. The van der Waals surface area contributed by atoms with Crippen molar-refractivity contribution < 1.29 is 4.74 Å². The van der Waals surface area contributed by atoms with Crippen LogP contribution >= 0.6 is 0 Å². The molecule has 1 N–H and O–H groups in total. The number of hydrogen-bond donors (Lipinski definition) is 1. The third-order valence-corrected chi connectivity index (χ3v) is 2.86. The molecule has 0 unspecified atom stereocenters. The van der Waals surface area contributed by atoms with Crippen LogP contribution in [-0.4, -0.2) is 19.8 Å². The van der Waals surface area contributed by atoms with Gasteiger partial charge in [-0.3, -0.25) is 0 Å². The summed E-state index contributed by atoms with van der Waals surface area (Å²) in [5, 5.41) is 3.43. The zero-order valence-electron chi connectivity index (χ0n) is 9.82. The second-order valence-electron chi connectivity index (χ2n) is 4.53. The Balaban J connectivity index is 1.42. The van der Waals surface area contributed by atoms with Gasteiger partial charge >= 0.3 is 0 Å². The van der Waals surface area contributed by atoms with E-state index < -0.39 is 0 Å². The first kappa shape index (κ1) is 11.6. The lowest BCUT2D eigenvalue weighted by Crippen LogP contribution is -2.16. The van der Waals surface area contributed by atoms with E-state index in [4.69, 9.17) is 4.74 Å². The predicted octanol–water partition coefficient (Wildman–Crippen LogP) is 2.59. The fourth-order valence-electron chi connectivity index (χ4n) is 1.66. The van der Waals surface area contributed by atoms with Crippen molar-refractivity contribution in [1.82, 2.24) is 5.32 Å². The first-order valence-electron chi connectivity index (χ1n) is 6.27. The van der Waals surface area contributed by atoms with Crippen molar-refractivity contribution >= 4 is 0 Å². The van der Waals surface area contributed by atoms with Gasteiger partial charge in [0.1, 0.15) is 0 Å². The van der Waals surface area contributed by atoms with Crippen LogP contribution in [0.4, 0.5) is 0 Å². The van der Waals surface area contributed by atoms with Gasteiger partial charge in [0.2, 0.25) is 0 Å². The summed E-state index contributed by atoms with van der Waals surface area (Å²) in [6, 6.07) is 10.5. The molecule has 0 spiro atoms. The Labute approximate surface area is 98.0 Å². The summed E-state index contributed by atoms with van der Waals surface area (Å²) < 4.78 is 5.57. The molecule has 88 valence electrons. The highest BCUT2D eigenvalue weighted by molar-refractivity contribution is 5.14. The fourth-order valence-corrected chi connectivity index (χ4v) is 1.66. The van der Waals surface area contributed by atoms with Gasteiger partial charge in [-0.25, -0.2) is 0 Å². The zero-order valence-corrected chi connectivity index (χ0v) is 9.82. The monoisotopic (exact) mass is 219 g/mol. The molecule has 0 radical (unpaired) electrons. The highest BCUT2D eigenvalue weighted by atomic mass is 16.5. The lowest BCUT2D eigenvalue weighted by molar-refractivity contribution is 0.122. The molecular formula is C14H21NO. The summed E-state index contributed by atoms with van der Waals surface area (Å²) in [6.07, 6.45) is 3.87. The van der Waals surface area contributed by atoms with Crippen molar-refractivity contribution in [3.05, 3.63) is 35.9 Å². The summed E-state index contributed by atoms with van der Waals surface area (Å²) in [5.74, 6) is 0.886. The highest BCUT2D eigenvalue weighted by Gasteiger charge is 2.20. The number of nitrogens with one attached hydrogen (secondary N) is 1. The van der Waals surface area contributed by atoms with Crippen LogP contribution in [0.25, 0.3) is 0 Å². The molecule has 2 rings (SSSR count). The fraction of sp³-hybridized carbons (Fsp3) is 0.571. The Bertz CT molecular complexity index is 282. The van der Waals surface area contributed by atoms with Crippen LogP contribution in [-0.2, 0) is 11.3 Å². The van der Waals surface area contributed by atoms with Gasteiger partial charge in [0, 0.05) is 19.8 Å². The number of ether oxygens (including phenoxy) is 1. The maximum absolute atomic E-state index is 5.57. The van der Waals surface area contributed by atoms with E-state index in [0.29, 0.717) is 0 Å². The smallest absolute Gasteiger partial charge is 0.0494 e. The van der Waals surface area contributed by atoms with Crippen molar-refractivity contribution in [1.29, 1.82) is 0 Å². The van der Waals surface area contributed by atoms with Crippen LogP contribution in [0.2, 0.25) is 0 Å². The van der Waals surface area contributed by atoms with Crippen molar-refractivity contribution in [2.45, 2.75) is 25.8 Å². The van der Waals surface area contributed by atoms with Gasteiger partial charge < -0.3 is 10.1 Å². The Morgan fingerprint density at radius 1 is 1.19 bits per heavy atom. The van der Waals surface area contributed by atoms with Crippen LogP contribution in [0.3, 0.4) is 0 Å². The van der Waals surface area contributed by atoms with Gasteiger partial charge in [0.25, 0.3) is 0 Å². The molecule has 1 aromatic carbocycles. The van der Waals surface area contributed by atoms with Gasteiger partial charge in [0.05, 0.1) is 0 Å². The van der Waals surface area contributed by atoms with Crippen LogP contribution < -0.4 is 5.32 Å². The van der Waals surface area contributed by atoms with E-state index in [1.54, 1.807) is 0 Å². The first-order valence-corrected chi connectivity index (χ1v) is 6.27. The van der Waals surface area contributed by atoms with Crippen LogP contribution in [0.15, 0.2) is 30.3 Å². The maximum Gasteiger partial charge on any atom is 0.0494 e. The molecule has 0 aromatic heterocycles. The van der Waals surface area contributed by atoms with Gasteiger partial charge in [0.15, 0.2) is 0 Å². The van der Waals surface area contributed by atoms with E-state index in [1.165, 1.54) is 18.4 Å². The standard InChI is InChI=1S/C14H21NO/c1-2-5-13(6-3-1)11-15-9-4-10-16-12-14-7-8-14/h1-3,5-6,14-15H,4,7-12H2. The Kier molecular flexibility index (Phi) is 4.84. The molecule has 2 heteroatoms. The second-order valence-corrected chi connectivity index (χ2v) is 4.53. The molecule has 16 heavy (non-hydrogen) atoms. The third-order valence-electron chi connectivity index (χ3n) is 2.86. The van der Waals surface area contributed by atoms with E-state index in [9.17, 15) is 0 Å². The summed E-state index contributed by atoms with van der Waals surface area (Å²) in [6.45, 7) is 3.89. The number of rotatable bonds is 8. The minimum absolute atomic E-state index is 0.886. The topological polar surface area (TPSA) is 21.3 Å². The lowest BCUT2D eigenvalue weighted by atomic mass is 10.2.